The van der Waals surface area contributed by atoms with Crippen molar-refractivity contribution in [3.8, 4) is 0 Å². The summed E-state index contributed by atoms with van der Waals surface area (Å²) in [5.41, 5.74) is 2.35. The molecule has 0 unspecified atom stereocenters. The number of benzene rings is 1. The summed E-state index contributed by atoms with van der Waals surface area (Å²) in [5, 5.41) is 10.8. The van der Waals surface area contributed by atoms with E-state index in [0.717, 1.165) is 42.9 Å². The number of nitrogens with zero attached hydrogens (tertiary/aromatic N) is 1. The van der Waals surface area contributed by atoms with E-state index in [-0.39, 0.29) is 11.3 Å². The summed E-state index contributed by atoms with van der Waals surface area (Å²) in [4.78, 5) is 15.8. The van der Waals surface area contributed by atoms with E-state index in [1.165, 1.54) is 32.1 Å². The molecule has 1 aromatic carbocycles. The quantitative estimate of drug-likeness (QED) is 0.518. The molecule has 0 radical (unpaired) electrons. The highest BCUT2D eigenvalue weighted by molar-refractivity contribution is 5.98. The molecule has 8 atom stereocenters. The van der Waals surface area contributed by atoms with E-state index in [4.69, 9.17) is 0 Å². The first-order valence-corrected chi connectivity index (χ1v) is 13.5. The average Bonchev–Trinajstić information content (AvgIpc) is 3.11. The molecule has 0 aromatic heterocycles. The normalized spacial score (nSPS) is 46.8. The second kappa shape index (κ2) is 7.57. The zero-order valence-electron chi connectivity index (χ0n) is 21.8. The molecule has 0 aliphatic heterocycles. The van der Waals surface area contributed by atoms with Gasteiger partial charge in [-0.25, -0.2) is 0 Å². The molecule has 4 aliphatic carbocycles. The summed E-state index contributed by atoms with van der Waals surface area (Å²) in [6.07, 6.45) is 10.3. The van der Waals surface area contributed by atoms with Crippen molar-refractivity contribution in [3.05, 3.63) is 29.8 Å². The van der Waals surface area contributed by atoms with Crippen molar-refractivity contribution in [2.45, 2.75) is 91.1 Å². The Kier molecular flexibility index (Phi) is 5.37. The topological polar surface area (TPSA) is 40.5 Å². The zero-order chi connectivity index (χ0) is 23.8. The molecular formula is C30H45NO2. The number of carbonyl (C=O) groups excluding carboxylic acids is 1. The van der Waals surface area contributed by atoms with E-state index in [1.807, 2.05) is 26.2 Å². The van der Waals surface area contributed by atoms with Crippen LogP contribution in [0.15, 0.2) is 24.3 Å². The van der Waals surface area contributed by atoms with Crippen molar-refractivity contribution in [1.29, 1.82) is 0 Å². The molecule has 4 fully saturated rings. The van der Waals surface area contributed by atoms with Crippen molar-refractivity contribution in [2.24, 2.45) is 39.9 Å². The summed E-state index contributed by atoms with van der Waals surface area (Å²) in [6.45, 7) is 9.67. The molecule has 1 aromatic rings. The lowest BCUT2D eigenvalue weighted by Gasteiger charge is -2.67. The van der Waals surface area contributed by atoms with Crippen LogP contribution in [-0.2, 0) is 0 Å². The molecule has 3 nitrogen and oxygen atoms in total. The first-order valence-electron chi connectivity index (χ1n) is 13.5. The van der Waals surface area contributed by atoms with E-state index in [0.29, 0.717) is 28.4 Å². The van der Waals surface area contributed by atoms with Crippen LogP contribution < -0.4 is 4.90 Å². The second-order valence-corrected chi connectivity index (χ2v) is 13.5. The maximum Gasteiger partial charge on any atom is 0.166 e. The SMILES string of the molecule is CN(C)c1ccc(C(=O)[C@H]2CC[C@H]3[C@@H]4CC[C@H]5C[C@](C)(O)CC[C@]5(C)[C@@]4(C)CC[C@]23C)cc1. The van der Waals surface area contributed by atoms with Crippen LogP contribution in [0.5, 0.6) is 0 Å². The minimum Gasteiger partial charge on any atom is -0.390 e. The minimum absolute atomic E-state index is 0.130. The van der Waals surface area contributed by atoms with Crippen molar-refractivity contribution in [2.75, 3.05) is 19.0 Å². The monoisotopic (exact) mass is 451 g/mol. The van der Waals surface area contributed by atoms with E-state index in [2.05, 4.69) is 44.7 Å². The molecule has 0 heterocycles. The van der Waals surface area contributed by atoms with Gasteiger partial charge in [0.2, 0.25) is 0 Å². The predicted octanol–water partition coefficient (Wildman–Crippen LogP) is 6.74. The van der Waals surface area contributed by atoms with Crippen LogP contribution in [0.4, 0.5) is 5.69 Å². The third-order valence-corrected chi connectivity index (χ3v) is 11.8. The lowest BCUT2D eigenvalue weighted by molar-refractivity contribution is -0.195. The Labute approximate surface area is 201 Å². The van der Waals surface area contributed by atoms with Gasteiger partial charge >= 0.3 is 0 Å². The molecule has 3 heteroatoms. The maximum atomic E-state index is 13.7. The van der Waals surface area contributed by atoms with Gasteiger partial charge in [-0.05, 0) is 123 Å². The van der Waals surface area contributed by atoms with E-state index in [9.17, 15) is 9.90 Å². The average molecular weight is 452 g/mol. The molecule has 182 valence electrons. The largest absolute Gasteiger partial charge is 0.390 e. The van der Waals surface area contributed by atoms with Crippen molar-refractivity contribution >= 4 is 11.5 Å². The number of carbonyl (C=O) groups is 1. The fourth-order valence-electron chi connectivity index (χ4n) is 9.37. The lowest BCUT2D eigenvalue weighted by Crippen LogP contribution is -2.61. The first kappa shape index (κ1) is 23.4. The van der Waals surface area contributed by atoms with Crippen LogP contribution in [0.1, 0.15) is 95.8 Å². The van der Waals surface area contributed by atoms with Crippen LogP contribution in [0.2, 0.25) is 0 Å². The van der Waals surface area contributed by atoms with Crippen molar-refractivity contribution in [3.63, 3.8) is 0 Å². The van der Waals surface area contributed by atoms with Gasteiger partial charge in [0.15, 0.2) is 5.78 Å². The van der Waals surface area contributed by atoms with Gasteiger partial charge in [0.05, 0.1) is 5.60 Å². The van der Waals surface area contributed by atoms with Crippen LogP contribution in [0.25, 0.3) is 0 Å². The van der Waals surface area contributed by atoms with E-state index in [1.54, 1.807) is 0 Å². The molecule has 4 saturated carbocycles. The van der Waals surface area contributed by atoms with Gasteiger partial charge in [-0.3, -0.25) is 4.79 Å². The third kappa shape index (κ3) is 3.35. The Balaban J connectivity index is 1.40. The Morgan fingerprint density at radius 1 is 0.848 bits per heavy atom. The smallest absolute Gasteiger partial charge is 0.166 e. The van der Waals surface area contributed by atoms with Gasteiger partial charge < -0.3 is 10.0 Å². The maximum absolute atomic E-state index is 13.7. The fraction of sp³-hybridized carbons (Fsp3) is 0.767. The standard InChI is InChI=1S/C30H45NO2/c1-27(33)15-17-29(3)21(19-27)9-12-24-23-13-14-25(28(23,2)16-18-30(24,29)4)26(32)20-7-10-22(11-8-20)31(5)6/h7-8,10-11,21,23-25,33H,9,12-19H2,1-6H3/t21-,23-,24-,25+,27+,28-,29-,30-/m0/s1. The van der Waals surface area contributed by atoms with Gasteiger partial charge in [-0.1, -0.05) is 20.8 Å². The Morgan fingerprint density at radius 3 is 2.15 bits per heavy atom. The van der Waals surface area contributed by atoms with Crippen molar-refractivity contribution in [1.82, 2.24) is 0 Å². The lowest BCUT2D eigenvalue weighted by atomic mass is 9.38. The summed E-state index contributed by atoms with van der Waals surface area (Å²) >= 11 is 0. The zero-order valence-corrected chi connectivity index (χ0v) is 21.8. The van der Waals surface area contributed by atoms with E-state index < -0.39 is 5.60 Å². The highest BCUT2D eigenvalue weighted by atomic mass is 16.3. The Bertz CT molecular complexity index is 920. The molecule has 0 bridgehead atoms. The fourth-order valence-corrected chi connectivity index (χ4v) is 9.37. The number of Topliss-reactive ketones (excluding diaryl/α,β-unsaturated/α-hetero) is 1. The second-order valence-electron chi connectivity index (χ2n) is 13.5. The molecule has 33 heavy (non-hydrogen) atoms. The summed E-state index contributed by atoms with van der Waals surface area (Å²) in [7, 11) is 4.09. The first-order chi connectivity index (χ1) is 15.4. The third-order valence-electron chi connectivity index (χ3n) is 11.8. The van der Waals surface area contributed by atoms with Crippen LogP contribution in [0.3, 0.4) is 0 Å². The van der Waals surface area contributed by atoms with Gasteiger partial charge in [0, 0.05) is 31.3 Å². The number of anilines is 1. The molecule has 4 aliphatic rings. The Hall–Kier alpha value is -1.35. The van der Waals surface area contributed by atoms with Gasteiger partial charge in [0.1, 0.15) is 0 Å². The molecule has 1 N–H and O–H groups in total. The van der Waals surface area contributed by atoms with Crippen LogP contribution in [-0.4, -0.2) is 30.6 Å². The van der Waals surface area contributed by atoms with Gasteiger partial charge in [0.25, 0.3) is 0 Å². The number of rotatable bonds is 3. The predicted molar refractivity (Wildman–Crippen MR) is 136 cm³/mol. The van der Waals surface area contributed by atoms with Gasteiger partial charge in [-0.15, -0.1) is 0 Å². The molecule has 0 amide bonds. The number of ketones is 1. The minimum atomic E-state index is -0.483. The van der Waals surface area contributed by atoms with Gasteiger partial charge in [-0.2, -0.15) is 0 Å². The number of hydrogen-bond donors (Lipinski definition) is 1. The van der Waals surface area contributed by atoms with Crippen LogP contribution >= 0.6 is 0 Å². The van der Waals surface area contributed by atoms with Crippen LogP contribution in [0, 0.1) is 39.9 Å². The summed E-state index contributed by atoms with van der Waals surface area (Å²) in [5.74, 6) is 2.55. The number of aliphatic hydroxyl groups is 1. The highest BCUT2D eigenvalue weighted by Crippen LogP contribution is 2.73. The molecular weight excluding hydrogens is 406 g/mol. The highest BCUT2D eigenvalue weighted by Gasteiger charge is 2.66. The van der Waals surface area contributed by atoms with Crippen molar-refractivity contribution < 1.29 is 9.90 Å². The van der Waals surface area contributed by atoms with E-state index >= 15 is 0 Å². The Morgan fingerprint density at radius 2 is 1.48 bits per heavy atom. The summed E-state index contributed by atoms with van der Waals surface area (Å²) < 4.78 is 0. The molecule has 5 rings (SSSR count). The molecule has 0 spiro atoms. The number of fused-ring (bicyclic) bond motifs is 5. The number of hydrogen-bond acceptors (Lipinski definition) is 3. The molecule has 0 saturated heterocycles. The summed E-state index contributed by atoms with van der Waals surface area (Å²) in [6, 6.07) is 8.25.